The van der Waals surface area contributed by atoms with Crippen molar-refractivity contribution in [1.29, 1.82) is 0 Å². The minimum Gasteiger partial charge on any atom is -0.369 e. The van der Waals surface area contributed by atoms with Crippen molar-refractivity contribution in [2.75, 3.05) is 55.4 Å². The number of carbonyl (C=O) groups is 4. The summed E-state index contributed by atoms with van der Waals surface area (Å²) in [5.41, 5.74) is 3.80. The summed E-state index contributed by atoms with van der Waals surface area (Å²) in [5.74, 6) is -4.50. The summed E-state index contributed by atoms with van der Waals surface area (Å²) in [6, 6.07) is 16.5. The van der Waals surface area contributed by atoms with E-state index >= 15 is 8.78 Å². The number of benzene rings is 3. The number of ketones is 1. The Hall–Kier alpha value is -6.11. The molecule has 14 nitrogen and oxygen atoms in total. The van der Waals surface area contributed by atoms with E-state index in [1.54, 1.807) is 17.2 Å². The van der Waals surface area contributed by atoms with E-state index in [1.807, 2.05) is 47.2 Å². The maximum Gasteiger partial charge on any atom is 0.301 e. The van der Waals surface area contributed by atoms with Gasteiger partial charge in [0.1, 0.15) is 23.7 Å². The number of piperidine rings is 1. The summed E-state index contributed by atoms with van der Waals surface area (Å²) in [7, 11) is -4.36. The molecule has 3 amide bonds. The number of carbonyl (C=O) groups excluding carboxylic acids is 4. The monoisotopic (exact) mass is 854 g/mol. The summed E-state index contributed by atoms with van der Waals surface area (Å²) in [4.78, 5) is 64.4. The molecule has 0 bridgehead atoms. The number of halogens is 3. The van der Waals surface area contributed by atoms with E-state index in [2.05, 4.69) is 25.1 Å². The molecule has 4 aliphatic rings. The zero-order valence-corrected chi connectivity index (χ0v) is 33.6. The molecule has 0 saturated carbocycles. The first kappa shape index (κ1) is 40.3. The molecule has 18 heteroatoms. The molecular weight excluding hydrogens is 814 g/mol. The van der Waals surface area contributed by atoms with Gasteiger partial charge in [-0.25, -0.2) is 18.2 Å². The van der Waals surface area contributed by atoms with E-state index in [0.717, 1.165) is 78.0 Å². The number of nitrogens with zero attached hydrogens (tertiary/aromatic N) is 5. The Bertz CT molecular complexity index is 2700. The predicted molar refractivity (Wildman–Crippen MR) is 220 cm³/mol. The average Bonchev–Trinajstić information content (AvgIpc) is 3.98. The molecule has 2 atom stereocenters. The Morgan fingerprint density at radius 1 is 0.918 bits per heavy atom. The molecule has 6 heterocycles. The van der Waals surface area contributed by atoms with Gasteiger partial charge < -0.3 is 14.8 Å². The van der Waals surface area contributed by atoms with Crippen molar-refractivity contribution in [3.05, 3.63) is 113 Å². The van der Waals surface area contributed by atoms with Gasteiger partial charge in [-0.05, 0) is 72.4 Å². The highest BCUT2D eigenvalue weighted by atomic mass is 32.2. The van der Waals surface area contributed by atoms with E-state index in [1.165, 1.54) is 6.20 Å². The molecule has 9 rings (SSSR count). The lowest BCUT2D eigenvalue weighted by atomic mass is 9.99. The fourth-order valence-electron chi connectivity index (χ4n) is 8.57. The lowest BCUT2D eigenvalue weighted by molar-refractivity contribution is -0.136. The van der Waals surface area contributed by atoms with Crippen LogP contribution in [0, 0.1) is 11.6 Å². The molecule has 4 aliphatic heterocycles. The first-order valence-corrected chi connectivity index (χ1v) is 21.5. The summed E-state index contributed by atoms with van der Waals surface area (Å²) in [5, 5.41) is 2.67. The van der Waals surface area contributed by atoms with Gasteiger partial charge in [-0.1, -0.05) is 24.3 Å². The normalized spacial score (nSPS) is 20.1. The van der Waals surface area contributed by atoms with Crippen molar-refractivity contribution >= 4 is 56.1 Å². The van der Waals surface area contributed by atoms with Crippen LogP contribution in [0.1, 0.15) is 56.7 Å². The fraction of sp³-hybridized carbons (Fsp3) is 0.326. The van der Waals surface area contributed by atoms with Crippen molar-refractivity contribution in [3.8, 4) is 11.1 Å². The predicted octanol–water partition coefficient (Wildman–Crippen LogP) is 4.57. The number of anilines is 2. The fourth-order valence-corrected chi connectivity index (χ4v) is 9.84. The number of alkyl halides is 1. The second kappa shape index (κ2) is 16.1. The van der Waals surface area contributed by atoms with Crippen LogP contribution in [0.25, 0.3) is 22.2 Å². The molecule has 3 aromatic carbocycles. The third kappa shape index (κ3) is 7.86. The second-order valence-corrected chi connectivity index (χ2v) is 17.5. The smallest absolute Gasteiger partial charge is 0.301 e. The van der Waals surface area contributed by atoms with E-state index in [-0.39, 0.29) is 36.8 Å². The van der Waals surface area contributed by atoms with Crippen molar-refractivity contribution < 1.29 is 40.8 Å². The summed E-state index contributed by atoms with van der Waals surface area (Å²) < 4.78 is 72.9. The molecule has 61 heavy (non-hydrogen) atoms. The number of piperazine rings is 1. The Labute approximate surface area is 348 Å². The number of aromatic amines is 1. The molecule has 0 aliphatic carbocycles. The van der Waals surface area contributed by atoms with Crippen LogP contribution in [0.4, 0.5) is 24.5 Å². The lowest BCUT2D eigenvalue weighted by Crippen LogP contribution is -2.52. The quantitative estimate of drug-likeness (QED) is 0.128. The summed E-state index contributed by atoms with van der Waals surface area (Å²) in [6.07, 6.45) is 2.93. The van der Waals surface area contributed by atoms with Crippen molar-refractivity contribution in [2.45, 2.75) is 44.4 Å². The minimum absolute atomic E-state index is 0.000423. The number of hydrogen-bond acceptors (Lipinski definition) is 9. The molecule has 0 spiro atoms. The number of pyridine rings is 1. The second-order valence-electron chi connectivity index (χ2n) is 15.8. The van der Waals surface area contributed by atoms with Crippen LogP contribution < -0.4 is 14.9 Å². The molecule has 2 aromatic heterocycles. The highest BCUT2D eigenvalue weighted by molar-refractivity contribution is 7.90. The van der Waals surface area contributed by atoms with Crippen molar-refractivity contribution in [3.63, 3.8) is 0 Å². The van der Waals surface area contributed by atoms with Crippen LogP contribution in [0.3, 0.4) is 0 Å². The van der Waals surface area contributed by atoms with Gasteiger partial charge in [-0.15, -0.1) is 0 Å². The van der Waals surface area contributed by atoms with Crippen LogP contribution in [0.15, 0.2) is 73.1 Å². The number of rotatable bonds is 11. The van der Waals surface area contributed by atoms with Gasteiger partial charge >= 0.3 is 10.2 Å². The number of fused-ring (bicyclic) bond motifs is 2. The molecule has 316 valence electrons. The molecule has 3 saturated heterocycles. The molecule has 5 aromatic rings. The molecule has 3 fully saturated rings. The number of aromatic nitrogens is 2. The Morgan fingerprint density at radius 3 is 2.44 bits per heavy atom. The highest BCUT2D eigenvalue weighted by Crippen LogP contribution is 2.33. The largest absolute Gasteiger partial charge is 0.369 e. The van der Waals surface area contributed by atoms with Gasteiger partial charge in [0.05, 0.1) is 11.3 Å². The number of nitrogens with one attached hydrogen (secondary N) is 3. The Morgan fingerprint density at radius 2 is 1.70 bits per heavy atom. The maximum atomic E-state index is 15.7. The lowest BCUT2D eigenvalue weighted by Gasteiger charge is -2.36. The number of H-pyrrole nitrogens is 1. The number of hydrogen-bond donors (Lipinski definition) is 3. The van der Waals surface area contributed by atoms with Crippen LogP contribution in [-0.2, 0) is 32.8 Å². The van der Waals surface area contributed by atoms with Crippen LogP contribution in [0.5, 0.6) is 0 Å². The van der Waals surface area contributed by atoms with Crippen LogP contribution in [-0.4, -0.2) is 114 Å². The standard InChI is InChI=1S/C43H41F3N8O6S/c44-29-12-14-53(24-29)61(59,60)50-35-8-7-34(45)38(39(35)46)40(56)33-22-48-41-32(33)20-27(21-47-41)26-3-1-25(2-4-26)11-13-51-15-17-52(18-16-51)30-5-6-31-28(19-30)23-54(43(31)58)36-9-10-37(55)49-42(36)57/h1-8,19-22,29,36,50H,9-18,23-24H2,(H,47,48)(H,49,55,57)/t29-,36?/m1/s1. The van der Waals surface area contributed by atoms with Gasteiger partial charge in [-0.2, -0.15) is 12.7 Å². The first-order valence-electron chi connectivity index (χ1n) is 20.1. The highest BCUT2D eigenvalue weighted by Gasteiger charge is 2.39. The SMILES string of the molecule is O=C1CCC(N2Cc3cc(N4CCN(CCc5ccc(-c6cnc7[nH]cc(C(=O)c8c(F)ccc(NS(=O)(=O)N9CC[C@@H](F)C9)c8F)c7c6)cc5)CC4)ccc3C2=O)C(=O)N1. The topological polar surface area (TPSA) is 168 Å². The van der Waals surface area contributed by atoms with E-state index in [4.69, 9.17) is 0 Å². The van der Waals surface area contributed by atoms with Crippen molar-refractivity contribution in [1.82, 2.24) is 29.4 Å². The van der Waals surface area contributed by atoms with E-state index < -0.39 is 63.5 Å². The maximum absolute atomic E-state index is 15.7. The Balaban J connectivity index is 0.815. The van der Waals surface area contributed by atoms with Gasteiger partial charge in [0.25, 0.3) is 5.91 Å². The van der Waals surface area contributed by atoms with Crippen LogP contribution >= 0.6 is 0 Å². The summed E-state index contributed by atoms with van der Waals surface area (Å²) in [6.45, 7) is 4.03. The Kier molecular flexibility index (Phi) is 10.6. The van der Waals surface area contributed by atoms with E-state index in [0.29, 0.717) is 35.1 Å². The molecule has 0 radical (unpaired) electrons. The average molecular weight is 855 g/mol. The number of imide groups is 1. The van der Waals surface area contributed by atoms with Crippen molar-refractivity contribution in [2.24, 2.45) is 0 Å². The molecule has 1 unspecified atom stereocenters. The minimum atomic E-state index is -4.36. The molecular formula is C43H41F3N8O6S. The van der Waals surface area contributed by atoms with Gasteiger partial charge in [0.15, 0.2) is 5.82 Å². The zero-order valence-electron chi connectivity index (χ0n) is 32.8. The third-order valence-electron chi connectivity index (χ3n) is 12.0. The summed E-state index contributed by atoms with van der Waals surface area (Å²) >= 11 is 0. The third-order valence-corrected chi connectivity index (χ3v) is 13.5. The van der Waals surface area contributed by atoms with Gasteiger partial charge in [0, 0.05) is 98.9 Å². The van der Waals surface area contributed by atoms with Gasteiger partial charge in [-0.3, -0.25) is 34.1 Å². The van der Waals surface area contributed by atoms with E-state index in [9.17, 15) is 32.0 Å². The van der Waals surface area contributed by atoms with Gasteiger partial charge in [0.2, 0.25) is 17.6 Å². The van der Waals surface area contributed by atoms with Crippen LogP contribution in [0.2, 0.25) is 0 Å². The first-order chi connectivity index (χ1) is 29.3. The number of amides is 3. The molecule has 3 N–H and O–H groups in total. The zero-order chi connectivity index (χ0) is 42.6.